The Morgan fingerprint density at radius 3 is 2.48 bits per heavy atom. The highest BCUT2D eigenvalue weighted by molar-refractivity contribution is 7.53. The predicted octanol–water partition coefficient (Wildman–Crippen LogP) is 5.97. The Bertz CT molecular complexity index is 1320. The molecule has 0 spiro atoms. The lowest BCUT2D eigenvalue weighted by molar-refractivity contribution is 0.103. The number of piperazine rings is 1. The number of rotatable bonds is 11. The van der Waals surface area contributed by atoms with Crippen molar-refractivity contribution in [2.75, 3.05) is 61.2 Å². The number of halogens is 2. The number of hydrogen-bond donors (Lipinski definition) is 2. The fraction of sp³-hybridized carbons (Fsp3) is 0.440. The van der Waals surface area contributed by atoms with Crippen LogP contribution in [-0.2, 0) is 13.6 Å². The van der Waals surface area contributed by atoms with Crippen LogP contribution in [-0.4, -0.2) is 71.4 Å². The molecule has 1 aromatic carbocycles. The quantitative estimate of drug-likeness (QED) is 0.245. The molecule has 218 valence electrons. The van der Waals surface area contributed by atoms with Crippen molar-refractivity contribution in [1.29, 1.82) is 0 Å². The fourth-order valence-electron chi connectivity index (χ4n) is 4.17. The maximum atomic E-state index is 12.9. The zero-order valence-electron chi connectivity index (χ0n) is 22.8. The smallest absolute Gasteiger partial charge is 0.344 e. The molecule has 1 amide bonds. The normalized spacial score (nSPS) is 14.1. The van der Waals surface area contributed by atoms with Crippen LogP contribution in [0.3, 0.4) is 0 Å². The first-order valence-electron chi connectivity index (χ1n) is 12.7. The van der Waals surface area contributed by atoms with Crippen molar-refractivity contribution in [2.45, 2.75) is 27.7 Å². The second kappa shape index (κ2) is 14.5. The molecule has 1 aliphatic rings. The number of thiazole rings is 1. The Balaban J connectivity index is 0.00000441. The molecule has 0 radical (unpaired) electrons. The van der Waals surface area contributed by atoms with Crippen LogP contribution >= 0.6 is 42.9 Å². The summed E-state index contributed by atoms with van der Waals surface area (Å²) >= 11 is 7.46. The van der Waals surface area contributed by atoms with E-state index < -0.39 is 7.60 Å². The number of hydrogen-bond acceptors (Lipinski definition) is 11. The first kappa shape index (κ1) is 32.2. The van der Waals surface area contributed by atoms with E-state index in [0.717, 1.165) is 11.4 Å². The number of carbonyl (C=O) groups excluding carboxylic acids is 1. The third-order valence-corrected chi connectivity index (χ3v) is 9.25. The summed E-state index contributed by atoms with van der Waals surface area (Å²) in [6, 6.07) is 7.32. The number of nitrogens with zero attached hydrogens (tertiary/aromatic N) is 5. The molecule has 0 aliphatic carbocycles. The zero-order valence-corrected chi connectivity index (χ0v) is 26.1. The van der Waals surface area contributed by atoms with Crippen LogP contribution in [0, 0.1) is 13.8 Å². The Morgan fingerprint density at radius 1 is 1.12 bits per heavy atom. The molecule has 40 heavy (non-hydrogen) atoms. The summed E-state index contributed by atoms with van der Waals surface area (Å²) in [6.07, 6.45) is 1.79. The van der Waals surface area contributed by atoms with Gasteiger partial charge in [0.2, 0.25) is 0 Å². The highest BCUT2D eigenvalue weighted by atomic mass is 35.5. The number of para-hydroxylation sites is 1. The minimum atomic E-state index is -3.13. The topological polar surface area (TPSA) is 122 Å². The first-order chi connectivity index (χ1) is 18.7. The molecule has 1 fully saturated rings. The zero-order chi connectivity index (χ0) is 28.0. The lowest BCUT2D eigenvalue weighted by Gasteiger charge is -2.36. The monoisotopic (exact) mass is 629 g/mol. The van der Waals surface area contributed by atoms with Crippen molar-refractivity contribution in [3.63, 3.8) is 0 Å². The van der Waals surface area contributed by atoms with Gasteiger partial charge in [-0.2, -0.15) is 0 Å². The summed E-state index contributed by atoms with van der Waals surface area (Å²) in [5.74, 6) is 1.69. The van der Waals surface area contributed by atoms with Gasteiger partial charge < -0.3 is 24.6 Å². The summed E-state index contributed by atoms with van der Waals surface area (Å²) < 4.78 is 23.8. The van der Waals surface area contributed by atoms with Crippen LogP contribution in [0.25, 0.3) is 0 Å². The first-order valence-corrected chi connectivity index (χ1v) is 15.6. The number of aryl methyl sites for hydroxylation is 2. The van der Waals surface area contributed by atoms with E-state index in [1.54, 1.807) is 6.07 Å². The van der Waals surface area contributed by atoms with Gasteiger partial charge in [-0.15, -0.1) is 12.4 Å². The van der Waals surface area contributed by atoms with E-state index in [2.05, 4.69) is 35.4 Å². The fourth-order valence-corrected chi connectivity index (χ4v) is 6.95. The summed E-state index contributed by atoms with van der Waals surface area (Å²) in [5.41, 5.74) is 1.46. The number of nitrogens with one attached hydrogen (secondary N) is 2. The van der Waals surface area contributed by atoms with Gasteiger partial charge in [0.05, 0.1) is 30.1 Å². The van der Waals surface area contributed by atoms with Crippen molar-refractivity contribution in [1.82, 2.24) is 19.9 Å². The van der Waals surface area contributed by atoms with Crippen molar-refractivity contribution in [2.24, 2.45) is 0 Å². The Labute approximate surface area is 249 Å². The maximum absolute atomic E-state index is 12.9. The standard InChI is InChI=1S/C25H33ClN7O4PS.ClH/c1-5-36-38(35,37-6-2)16-32-10-12-33(13-11-32)22-14-21(28-18(4)29-22)30-25-27-15-20(39-25)24(34)31-23-17(3)8-7-9-19(23)26;/h7-9,14-15H,5-6,10-13,16H2,1-4H3,(H,31,34)(H,27,28,29,30);1H. The third kappa shape index (κ3) is 8.36. The van der Waals surface area contributed by atoms with Crippen molar-refractivity contribution >= 4 is 71.3 Å². The molecular formula is C25H34Cl2N7O4PS. The predicted molar refractivity (Wildman–Crippen MR) is 163 cm³/mol. The average Bonchev–Trinajstić information content (AvgIpc) is 3.35. The summed E-state index contributed by atoms with van der Waals surface area (Å²) in [5, 5.41) is 7.08. The van der Waals surface area contributed by atoms with Gasteiger partial charge in [0.1, 0.15) is 28.6 Å². The number of aromatic nitrogens is 3. The SMILES string of the molecule is CCOP(=O)(CN1CCN(c2cc(Nc3ncc(C(=O)Nc4c(C)cccc4Cl)s3)nc(C)n2)CC1)OCC.Cl. The molecule has 2 aromatic heterocycles. The van der Waals surface area contributed by atoms with Crippen LogP contribution in [0.4, 0.5) is 22.5 Å². The van der Waals surface area contributed by atoms with E-state index in [1.807, 2.05) is 45.9 Å². The molecule has 1 aliphatic heterocycles. The van der Waals surface area contributed by atoms with Gasteiger partial charge in [-0.3, -0.25) is 14.3 Å². The second-order valence-electron chi connectivity index (χ2n) is 8.89. The Morgan fingerprint density at radius 2 is 1.82 bits per heavy atom. The van der Waals surface area contributed by atoms with Crippen LogP contribution in [0.15, 0.2) is 30.5 Å². The summed E-state index contributed by atoms with van der Waals surface area (Å²) in [6.45, 7) is 10.9. The minimum absolute atomic E-state index is 0. The van der Waals surface area contributed by atoms with Crippen LogP contribution in [0.1, 0.15) is 34.9 Å². The van der Waals surface area contributed by atoms with Gasteiger partial charge in [0.15, 0.2) is 5.13 Å². The Kier molecular flexibility index (Phi) is 11.7. The lowest BCUT2D eigenvalue weighted by atomic mass is 10.2. The average molecular weight is 631 g/mol. The van der Waals surface area contributed by atoms with Gasteiger partial charge in [-0.1, -0.05) is 35.1 Å². The van der Waals surface area contributed by atoms with E-state index in [1.165, 1.54) is 17.5 Å². The third-order valence-electron chi connectivity index (χ3n) is 5.97. The molecule has 3 aromatic rings. The maximum Gasteiger partial charge on any atom is 0.344 e. The number of carbonyl (C=O) groups is 1. The second-order valence-corrected chi connectivity index (χ2v) is 12.4. The van der Waals surface area contributed by atoms with Gasteiger partial charge in [0.25, 0.3) is 5.91 Å². The minimum Gasteiger partial charge on any atom is -0.354 e. The molecule has 11 nitrogen and oxygen atoms in total. The van der Waals surface area contributed by atoms with Crippen LogP contribution < -0.4 is 15.5 Å². The summed E-state index contributed by atoms with van der Waals surface area (Å²) in [7, 11) is -3.13. The summed E-state index contributed by atoms with van der Waals surface area (Å²) in [4.78, 5) is 30.9. The number of amides is 1. The van der Waals surface area contributed by atoms with E-state index in [0.29, 0.717) is 71.8 Å². The van der Waals surface area contributed by atoms with E-state index >= 15 is 0 Å². The number of benzene rings is 1. The largest absolute Gasteiger partial charge is 0.354 e. The molecule has 0 unspecified atom stereocenters. The molecule has 0 atom stereocenters. The van der Waals surface area contributed by atoms with Crippen molar-refractivity contribution < 1.29 is 18.4 Å². The molecule has 3 heterocycles. The van der Waals surface area contributed by atoms with E-state index in [4.69, 9.17) is 20.6 Å². The van der Waals surface area contributed by atoms with Gasteiger partial charge in [-0.25, -0.2) is 15.0 Å². The van der Waals surface area contributed by atoms with Gasteiger partial charge >= 0.3 is 7.60 Å². The lowest BCUT2D eigenvalue weighted by Crippen LogP contribution is -2.47. The van der Waals surface area contributed by atoms with Gasteiger partial charge in [0, 0.05) is 32.2 Å². The van der Waals surface area contributed by atoms with Crippen molar-refractivity contribution in [3.8, 4) is 0 Å². The molecule has 15 heteroatoms. The molecule has 0 bridgehead atoms. The Hall–Kier alpha value is -2.31. The van der Waals surface area contributed by atoms with Crippen molar-refractivity contribution in [3.05, 3.63) is 51.7 Å². The molecule has 4 rings (SSSR count). The highest BCUT2D eigenvalue weighted by Gasteiger charge is 2.29. The molecule has 2 N–H and O–H groups in total. The highest BCUT2D eigenvalue weighted by Crippen LogP contribution is 2.48. The molecule has 0 saturated carbocycles. The van der Waals surface area contributed by atoms with E-state index in [-0.39, 0.29) is 24.6 Å². The van der Waals surface area contributed by atoms with Crippen LogP contribution in [0.5, 0.6) is 0 Å². The molecule has 1 saturated heterocycles. The molecular weight excluding hydrogens is 596 g/mol. The van der Waals surface area contributed by atoms with E-state index in [9.17, 15) is 9.36 Å². The van der Waals surface area contributed by atoms with Gasteiger partial charge in [-0.05, 0) is 39.3 Å². The van der Waals surface area contributed by atoms with Crippen LogP contribution in [0.2, 0.25) is 5.02 Å². The number of anilines is 4.